The molecule has 0 aliphatic heterocycles. The summed E-state index contributed by atoms with van der Waals surface area (Å²) in [5.41, 5.74) is 2.67. The van der Waals surface area contributed by atoms with Crippen LogP contribution in [0.4, 0.5) is 9.57 Å². The van der Waals surface area contributed by atoms with Gasteiger partial charge in [0.05, 0.1) is 39.6 Å². The van der Waals surface area contributed by atoms with Crippen LogP contribution >= 0.6 is 0 Å². The number of pyridine rings is 1. The van der Waals surface area contributed by atoms with Crippen LogP contribution in [0.3, 0.4) is 0 Å². The van der Waals surface area contributed by atoms with Crippen molar-refractivity contribution >= 4 is 70.7 Å². The van der Waals surface area contributed by atoms with E-state index in [4.69, 9.17) is 22.4 Å². The Morgan fingerprint density at radius 3 is 2.00 bits per heavy atom. The fourth-order valence-electron chi connectivity index (χ4n) is 6.07. The molecule has 1 aromatic heterocycles. The SMILES string of the molecule is COc1ccc(N(C(=O)c2c3ccccc3[n+](C)c3cc4ccccc4cc23)S(=O)(=O)c2cccc(C(=O)OCc3ccccc3)c2)cc1.O=S(=O)([O-])F. The number of aryl methyl sites for hydroxylation is 1. The minimum Gasteiger partial charge on any atom is -0.722 e. The van der Waals surface area contributed by atoms with Crippen molar-refractivity contribution in [1.82, 2.24) is 0 Å². The Morgan fingerprint density at radius 2 is 1.33 bits per heavy atom. The normalized spacial score (nSPS) is 11.5. The quantitative estimate of drug-likeness (QED) is 0.0536. The average Bonchev–Trinajstić information content (AvgIpc) is 3.16. The Balaban J connectivity index is 0.000000934. The zero-order valence-corrected chi connectivity index (χ0v) is 30.4. The topological polar surface area (TPSA) is 151 Å². The number of esters is 1. The van der Waals surface area contributed by atoms with Gasteiger partial charge in [-0.2, -0.15) is 8.87 Å². The Labute approximate surface area is 310 Å². The highest BCUT2D eigenvalue weighted by Gasteiger charge is 2.36. The third kappa shape index (κ3) is 8.05. The number of sulfonamides is 1. The summed E-state index contributed by atoms with van der Waals surface area (Å²) in [4.78, 5) is 27.9. The van der Waals surface area contributed by atoms with Crippen LogP contribution in [0, 0.1) is 0 Å². The smallest absolute Gasteiger partial charge is 0.338 e. The van der Waals surface area contributed by atoms with Crippen LogP contribution in [-0.2, 0) is 38.9 Å². The van der Waals surface area contributed by atoms with Crippen molar-refractivity contribution in [3.05, 3.63) is 156 Å². The molecule has 1 heterocycles. The van der Waals surface area contributed by atoms with Gasteiger partial charge in [0.15, 0.2) is 0 Å². The number of rotatable bonds is 8. The molecule has 0 N–H and O–H groups in total. The predicted octanol–water partition coefficient (Wildman–Crippen LogP) is 6.79. The zero-order chi connectivity index (χ0) is 38.6. The largest absolute Gasteiger partial charge is 0.722 e. The molecule has 7 rings (SSSR count). The van der Waals surface area contributed by atoms with Gasteiger partial charge in [-0.25, -0.2) is 21.6 Å². The summed E-state index contributed by atoms with van der Waals surface area (Å²) in [7, 11) is -6.59. The summed E-state index contributed by atoms with van der Waals surface area (Å²) in [5.74, 6) is -0.951. The summed E-state index contributed by atoms with van der Waals surface area (Å²) in [6, 6.07) is 40.1. The molecule has 0 bridgehead atoms. The van der Waals surface area contributed by atoms with E-state index in [0.717, 1.165) is 31.7 Å². The predicted molar refractivity (Wildman–Crippen MR) is 200 cm³/mol. The monoisotopic (exact) mass is 766 g/mol. The molecule has 14 heteroatoms. The number of carbonyl (C=O) groups excluding carboxylic acids is 2. The van der Waals surface area contributed by atoms with Crippen molar-refractivity contribution in [2.24, 2.45) is 7.05 Å². The van der Waals surface area contributed by atoms with Gasteiger partial charge in [0.2, 0.25) is 11.0 Å². The molecule has 0 fully saturated rings. The molecule has 0 aliphatic rings. The van der Waals surface area contributed by atoms with Gasteiger partial charge in [0, 0.05) is 12.1 Å². The Kier molecular flexibility index (Phi) is 10.7. The van der Waals surface area contributed by atoms with Gasteiger partial charge in [-0.05, 0) is 70.9 Å². The standard InChI is InChI=1S/C40H31N2O6S.FHO3S/c1-41-36-18-9-8-17-34(36)38(35-24-28-13-6-7-14-29(28)25-37(35)41)39(43)42(31-19-21-32(47-2)22-20-31)49(45,46)33-16-10-15-30(23-33)40(44)48-26-27-11-4-3-5-12-27;1-5(2,3)4/h3-25H,26H2,1-2H3;(H,2,3,4)/q+1;/p-1. The van der Waals surface area contributed by atoms with E-state index >= 15 is 4.79 Å². The number of para-hydroxylation sites is 1. The van der Waals surface area contributed by atoms with Crippen LogP contribution in [0.25, 0.3) is 32.6 Å². The fraction of sp³-hybridized carbons (Fsp3) is 0.0750. The van der Waals surface area contributed by atoms with E-state index in [1.165, 1.54) is 43.5 Å². The van der Waals surface area contributed by atoms with Gasteiger partial charge in [0.25, 0.3) is 26.4 Å². The summed E-state index contributed by atoms with van der Waals surface area (Å²) >= 11 is 0. The fourth-order valence-corrected chi connectivity index (χ4v) is 7.51. The van der Waals surface area contributed by atoms with Crippen molar-refractivity contribution in [3.63, 3.8) is 0 Å². The van der Waals surface area contributed by atoms with Gasteiger partial charge in [-0.3, -0.25) is 4.79 Å². The molecule has 54 heavy (non-hydrogen) atoms. The van der Waals surface area contributed by atoms with Crippen molar-refractivity contribution in [2.45, 2.75) is 11.5 Å². The molecule has 0 atom stereocenters. The van der Waals surface area contributed by atoms with E-state index in [1.54, 1.807) is 12.1 Å². The van der Waals surface area contributed by atoms with Crippen molar-refractivity contribution in [2.75, 3.05) is 11.4 Å². The lowest BCUT2D eigenvalue weighted by Gasteiger charge is -2.24. The van der Waals surface area contributed by atoms with Crippen LogP contribution in [-0.4, -0.2) is 40.4 Å². The van der Waals surface area contributed by atoms with Crippen molar-refractivity contribution in [1.29, 1.82) is 0 Å². The maximum absolute atomic E-state index is 15.1. The number of halogens is 1. The molecule has 274 valence electrons. The first-order valence-corrected chi connectivity index (χ1v) is 18.9. The number of hydrogen-bond donors (Lipinski definition) is 0. The van der Waals surface area contributed by atoms with Crippen LogP contribution < -0.4 is 13.6 Å². The first kappa shape index (κ1) is 37.5. The summed E-state index contributed by atoms with van der Waals surface area (Å²) < 4.78 is 78.4. The number of ether oxygens (including phenoxy) is 2. The number of carbonyl (C=O) groups is 2. The maximum Gasteiger partial charge on any atom is 0.338 e. The molecule has 0 saturated carbocycles. The van der Waals surface area contributed by atoms with Gasteiger partial charge in [-0.1, -0.05) is 72.8 Å². The number of anilines is 1. The first-order valence-electron chi connectivity index (χ1n) is 16.2. The molecule has 0 spiro atoms. The molecular formula is C40H31FN2O9S2. The highest BCUT2D eigenvalue weighted by Crippen LogP contribution is 2.34. The summed E-state index contributed by atoms with van der Waals surface area (Å²) in [5, 5.41) is 3.07. The molecular weight excluding hydrogens is 736 g/mol. The molecule has 11 nitrogen and oxygen atoms in total. The maximum atomic E-state index is 15.1. The molecule has 0 radical (unpaired) electrons. The lowest BCUT2D eigenvalue weighted by atomic mass is 9.98. The lowest BCUT2D eigenvalue weighted by Crippen LogP contribution is -2.39. The van der Waals surface area contributed by atoms with E-state index in [0.29, 0.717) is 16.5 Å². The second-order valence-electron chi connectivity index (χ2n) is 11.9. The van der Waals surface area contributed by atoms with Crippen molar-refractivity contribution < 1.29 is 48.9 Å². The number of amides is 1. The second kappa shape index (κ2) is 15.4. The Hall–Kier alpha value is -6.22. The summed E-state index contributed by atoms with van der Waals surface area (Å²) in [6.45, 7) is 0.0212. The van der Waals surface area contributed by atoms with E-state index in [1.807, 2.05) is 103 Å². The third-order valence-electron chi connectivity index (χ3n) is 8.56. The van der Waals surface area contributed by atoms with Crippen LogP contribution in [0.15, 0.2) is 144 Å². The Bertz CT molecular complexity index is 2750. The minimum atomic E-state index is -5.42. The minimum absolute atomic E-state index is 0.0212. The van der Waals surface area contributed by atoms with E-state index < -0.39 is 32.4 Å². The lowest BCUT2D eigenvalue weighted by molar-refractivity contribution is -0.617. The van der Waals surface area contributed by atoms with Gasteiger partial charge >= 0.3 is 5.97 Å². The number of hydrogen-bond acceptors (Lipinski definition) is 9. The highest BCUT2D eigenvalue weighted by molar-refractivity contribution is 7.93. The van der Waals surface area contributed by atoms with Gasteiger partial charge in [0.1, 0.15) is 19.4 Å². The van der Waals surface area contributed by atoms with E-state index in [9.17, 15) is 17.1 Å². The van der Waals surface area contributed by atoms with Gasteiger partial charge in [-0.15, -0.1) is 3.89 Å². The molecule has 6 aromatic carbocycles. The van der Waals surface area contributed by atoms with E-state index in [2.05, 4.69) is 0 Å². The highest BCUT2D eigenvalue weighted by atomic mass is 32.3. The number of aromatic nitrogens is 1. The number of methoxy groups -OCH3 is 1. The van der Waals surface area contributed by atoms with E-state index in [-0.39, 0.29) is 28.3 Å². The Morgan fingerprint density at radius 1 is 0.722 bits per heavy atom. The van der Waals surface area contributed by atoms with Crippen LogP contribution in [0.5, 0.6) is 5.75 Å². The van der Waals surface area contributed by atoms with Crippen LogP contribution in [0.1, 0.15) is 26.3 Å². The molecule has 0 unspecified atom stereocenters. The van der Waals surface area contributed by atoms with Crippen molar-refractivity contribution in [3.8, 4) is 5.75 Å². The number of fused-ring (bicyclic) bond motifs is 3. The third-order valence-corrected chi connectivity index (χ3v) is 10.3. The molecule has 0 saturated heterocycles. The van der Waals surface area contributed by atoms with Gasteiger partial charge < -0.3 is 14.0 Å². The molecule has 1 amide bonds. The summed E-state index contributed by atoms with van der Waals surface area (Å²) in [6.07, 6.45) is 0. The number of nitrogens with zero attached hydrogens (tertiary/aromatic N) is 2. The zero-order valence-electron chi connectivity index (χ0n) is 28.7. The average molecular weight is 767 g/mol. The molecule has 7 aromatic rings. The van der Waals surface area contributed by atoms with Crippen LogP contribution in [0.2, 0.25) is 0 Å². The number of benzene rings is 6. The second-order valence-corrected chi connectivity index (χ2v) is 14.5. The molecule has 0 aliphatic carbocycles. The first-order chi connectivity index (χ1) is 25.8.